The van der Waals surface area contributed by atoms with Crippen molar-refractivity contribution < 1.29 is 9.59 Å². The molecule has 0 saturated heterocycles. The normalized spacial score (nSPS) is 10.1. The SMILES string of the molecule is Cc1ccc(C(=O)C(C)(C)C)cc1.N#CSc1ccccc1C=O. The van der Waals surface area contributed by atoms with E-state index in [4.69, 9.17) is 5.26 Å². The minimum Gasteiger partial charge on any atom is -0.298 e. The van der Waals surface area contributed by atoms with Gasteiger partial charge in [-0.3, -0.25) is 9.59 Å². The number of thiocyanates is 1. The van der Waals surface area contributed by atoms with Gasteiger partial charge in [0.15, 0.2) is 12.1 Å². The summed E-state index contributed by atoms with van der Waals surface area (Å²) in [6, 6.07) is 14.7. The first-order valence-electron chi connectivity index (χ1n) is 7.51. The van der Waals surface area contributed by atoms with Gasteiger partial charge >= 0.3 is 0 Å². The van der Waals surface area contributed by atoms with Crippen molar-refractivity contribution in [2.75, 3.05) is 0 Å². The maximum absolute atomic E-state index is 11.8. The van der Waals surface area contributed by atoms with Crippen LogP contribution in [0.15, 0.2) is 53.4 Å². The number of nitrogens with zero attached hydrogens (tertiary/aromatic N) is 1. The molecule has 0 aliphatic rings. The van der Waals surface area contributed by atoms with Crippen molar-refractivity contribution in [3.05, 3.63) is 65.2 Å². The maximum Gasteiger partial charge on any atom is 0.168 e. The second-order valence-electron chi connectivity index (χ2n) is 6.29. The molecule has 24 heavy (non-hydrogen) atoms. The first-order chi connectivity index (χ1) is 11.3. The van der Waals surface area contributed by atoms with E-state index in [2.05, 4.69) is 0 Å². The van der Waals surface area contributed by atoms with E-state index in [0.717, 1.165) is 23.6 Å². The van der Waals surface area contributed by atoms with Crippen LogP contribution in [0.1, 0.15) is 47.1 Å². The molecule has 3 nitrogen and oxygen atoms in total. The van der Waals surface area contributed by atoms with E-state index in [0.29, 0.717) is 10.5 Å². The van der Waals surface area contributed by atoms with Crippen LogP contribution >= 0.6 is 11.8 Å². The molecule has 0 N–H and O–H groups in total. The molecule has 2 aromatic carbocycles. The Balaban J connectivity index is 0.000000243. The van der Waals surface area contributed by atoms with Gasteiger partial charge in [-0.1, -0.05) is 68.8 Å². The minimum atomic E-state index is -0.282. The van der Waals surface area contributed by atoms with E-state index >= 15 is 0 Å². The van der Waals surface area contributed by atoms with Gasteiger partial charge in [0.1, 0.15) is 5.40 Å². The van der Waals surface area contributed by atoms with Crippen LogP contribution < -0.4 is 0 Å². The van der Waals surface area contributed by atoms with Gasteiger partial charge in [0.05, 0.1) is 0 Å². The van der Waals surface area contributed by atoms with Gasteiger partial charge in [0.25, 0.3) is 0 Å². The lowest BCUT2D eigenvalue weighted by atomic mass is 9.86. The fourth-order valence-electron chi connectivity index (χ4n) is 1.86. The third-order valence-corrected chi connectivity index (χ3v) is 3.88. The molecule has 0 heterocycles. The Morgan fingerprint density at radius 3 is 2.17 bits per heavy atom. The van der Waals surface area contributed by atoms with Gasteiger partial charge in [-0.25, -0.2) is 0 Å². The lowest BCUT2D eigenvalue weighted by molar-refractivity contribution is 0.0858. The van der Waals surface area contributed by atoms with Crippen molar-refractivity contribution in [2.24, 2.45) is 5.41 Å². The zero-order valence-corrected chi connectivity index (χ0v) is 15.2. The monoisotopic (exact) mass is 339 g/mol. The summed E-state index contributed by atoms with van der Waals surface area (Å²) in [6.07, 6.45) is 0.750. The van der Waals surface area contributed by atoms with Crippen molar-refractivity contribution >= 4 is 23.8 Å². The highest BCUT2D eigenvalue weighted by Crippen LogP contribution is 2.21. The zero-order valence-electron chi connectivity index (χ0n) is 14.4. The number of hydrogen-bond donors (Lipinski definition) is 0. The Kier molecular flexibility index (Phi) is 7.41. The van der Waals surface area contributed by atoms with Gasteiger partial charge in [-0.2, -0.15) is 5.26 Å². The molecule has 2 aromatic rings. The van der Waals surface area contributed by atoms with Crippen molar-refractivity contribution in [1.29, 1.82) is 5.26 Å². The molecular formula is C20H21NO2S. The number of aryl methyl sites for hydroxylation is 1. The molecule has 0 spiro atoms. The number of hydrogen-bond acceptors (Lipinski definition) is 4. The summed E-state index contributed by atoms with van der Waals surface area (Å²) in [5.74, 6) is 0.201. The molecule has 0 aliphatic heterocycles. The van der Waals surface area contributed by atoms with Crippen molar-refractivity contribution in [1.82, 2.24) is 0 Å². The zero-order chi connectivity index (χ0) is 18.2. The van der Waals surface area contributed by atoms with Crippen LogP contribution in [-0.2, 0) is 0 Å². The molecule has 0 aromatic heterocycles. The Morgan fingerprint density at radius 2 is 1.67 bits per heavy atom. The van der Waals surface area contributed by atoms with Crippen LogP contribution in [-0.4, -0.2) is 12.1 Å². The molecule has 0 bridgehead atoms. The molecule has 0 saturated carbocycles. The number of carbonyl (C=O) groups is 2. The van der Waals surface area contributed by atoms with Crippen LogP contribution in [0.4, 0.5) is 0 Å². The summed E-state index contributed by atoms with van der Waals surface area (Å²) in [4.78, 5) is 22.9. The van der Waals surface area contributed by atoms with E-state index in [1.165, 1.54) is 5.56 Å². The van der Waals surface area contributed by atoms with Gasteiger partial charge in [-0.15, -0.1) is 0 Å². The molecule has 4 heteroatoms. The number of nitriles is 1. The fourth-order valence-corrected chi connectivity index (χ4v) is 2.34. The molecule has 124 valence electrons. The number of Topliss-reactive ketones (excluding diaryl/α,β-unsaturated/α-hetero) is 1. The van der Waals surface area contributed by atoms with Crippen LogP contribution in [0.2, 0.25) is 0 Å². The molecule has 0 unspecified atom stereocenters. The van der Waals surface area contributed by atoms with Crippen LogP contribution in [0.3, 0.4) is 0 Å². The summed E-state index contributed by atoms with van der Waals surface area (Å²) in [7, 11) is 0. The lowest BCUT2D eigenvalue weighted by Crippen LogP contribution is -2.19. The maximum atomic E-state index is 11.8. The smallest absolute Gasteiger partial charge is 0.168 e. The molecule has 0 aliphatic carbocycles. The van der Waals surface area contributed by atoms with E-state index in [1.54, 1.807) is 24.3 Å². The average Bonchev–Trinajstić information content (AvgIpc) is 2.55. The van der Waals surface area contributed by atoms with Crippen LogP contribution in [0.25, 0.3) is 0 Å². The molecule has 0 atom stereocenters. The van der Waals surface area contributed by atoms with Crippen molar-refractivity contribution in [3.8, 4) is 5.40 Å². The van der Waals surface area contributed by atoms with Gasteiger partial charge in [-0.05, 0) is 24.8 Å². The second-order valence-corrected chi connectivity index (χ2v) is 7.12. The van der Waals surface area contributed by atoms with Gasteiger partial charge < -0.3 is 0 Å². The third-order valence-electron chi connectivity index (χ3n) is 3.20. The van der Waals surface area contributed by atoms with E-state index < -0.39 is 0 Å². The molecule has 0 fully saturated rings. The summed E-state index contributed by atoms with van der Waals surface area (Å²) in [5.41, 5.74) is 2.28. The summed E-state index contributed by atoms with van der Waals surface area (Å²) >= 11 is 1.00. The predicted molar refractivity (Wildman–Crippen MR) is 98.3 cm³/mol. The Morgan fingerprint density at radius 1 is 1.08 bits per heavy atom. The number of ketones is 1. The Labute approximate surface area is 147 Å². The first-order valence-corrected chi connectivity index (χ1v) is 8.33. The predicted octanol–water partition coefficient (Wildman–Crippen LogP) is 5.30. The number of benzene rings is 2. The van der Waals surface area contributed by atoms with Crippen molar-refractivity contribution in [3.63, 3.8) is 0 Å². The largest absolute Gasteiger partial charge is 0.298 e. The number of thioether (sulfide) groups is 1. The van der Waals surface area contributed by atoms with E-state index in [1.807, 2.05) is 57.4 Å². The number of rotatable bonds is 3. The third kappa shape index (κ3) is 6.02. The number of aldehydes is 1. The average molecular weight is 339 g/mol. The molecular weight excluding hydrogens is 318 g/mol. The molecule has 0 radical (unpaired) electrons. The lowest BCUT2D eigenvalue weighted by Gasteiger charge is -2.16. The quantitative estimate of drug-likeness (QED) is 0.330. The summed E-state index contributed by atoms with van der Waals surface area (Å²) in [6.45, 7) is 7.84. The number of carbonyl (C=O) groups excluding carboxylic acids is 2. The highest BCUT2D eigenvalue weighted by Gasteiger charge is 2.22. The summed E-state index contributed by atoms with van der Waals surface area (Å²) < 4.78 is 0. The highest BCUT2D eigenvalue weighted by atomic mass is 32.2. The molecule has 2 rings (SSSR count). The minimum absolute atomic E-state index is 0.201. The summed E-state index contributed by atoms with van der Waals surface area (Å²) in [5, 5.41) is 10.3. The Bertz CT molecular complexity index is 737. The van der Waals surface area contributed by atoms with Gasteiger partial charge in [0.2, 0.25) is 0 Å². The topological polar surface area (TPSA) is 57.9 Å². The van der Waals surface area contributed by atoms with Gasteiger partial charge in [0, 0.05) is 21.4 Å². The van der Waals surface area contributed by atoms with Crippen LogP contribution in [0.5, 0.6) is 0 Å². The fraction of sp³-hybridized carbons (Fsp3) is 0.250. The molecule has 0 amide bonds. The Hall–Kier alpha value is -2.38. The van der Waals surface area contributed by atoms with E-state index in [9.17, 15) is 9.59 Å². The first kappa shape index (κ1) is 19.7. The van der Waals surface area contributed by atoms with Crippen LogP contribution in [0, 0.1) is 23.0 Å². The van der Waals surface area contributed by atoms with E-state index in [-0.39, 0.29) is 11.2 Å². The van der Waals surface area contributed by atoms with Crippen molar-refractivity contribution in [2.45, 2.75) is 32.6 Å². The highest BCUT2D eigenvalue weighted by molar-refractivity contribution is 8.03. The standard InChI is InChI=1S/C12H16O.C8H5NOS/c1-9-5-7-10(8-6-9)11(13)12(2,3)4;9-6-11-8-4-2-1-3-7(8)5-10/h5-8H,1-4H3;1-5H. The second kappa shape index (κ2) is 9.05.